The van der Waals surface area contributed by atoms with Crippen LogP contribution in [0.2, 0.25) is 0 Å². The largest absolute Gasteiger partial charge is 0.481 e. The summed E-state index contributed by atoms with van der Waals surface area (Å²) in [7, 11) is 0. The normalized spacial score (nSPS) is 11.2. The Bertz CT molecular complexity index is 2270. The zero-order chi connectivity index (χ0) is 53.1. The van der Waals surface area contributed by atoms with Crippen LogP contribution in [0, 0.1) is 16.2 Å². The van der Waals surface area contributed by atoms with Crippen molar-refractivity contribution in [1.82, 2.24) is 5.32 Å². The molecule has 0 saturated heterocycles. The molecule has 1 amide bonds. The molecule has 0 saturated carbocycles. The molecule has 0 radical (unpaired) electrons. The molecule has 70 heavy (non-hydrogen) atoms. The minimum Gasteiger partial charge on any atom is -0.481 e. The van der Waals surface area contributed by atoms with E-state index in [4.69, 9.17) is 28.9 Å². The molecule has 18 heteroatoms. The van der Waals surface area contributed by atoms with Crippen LogP contribution in [-0.4, -0.2) is 91.5 Å². The van der Waals surface area contributed by atoms with Gasteiger partial charge in [-0.3, -0.25) is 19.2 Å². The Kier molecular flexibility index (Phi) is 26.8. The van der Waals surface area contributed by atoms with E-state index >= 15 is 0 Å². The van der Waals surface area contributed by atoms with Crippen LogP contribution in [0.5, 0.6) is 5.75 Å². The van der Waals surface area contributed by atoms with Crippen LogP contribution in [0.15, 0.2) is 100 Å². The molecular weight excluding hydrogens is 925 g/mol. The number of hydrogen-bond donors (Lipinski definition) is 2. The number of rotatable bonds is 23. The van der Waals surface area contributed by atoms with E-state index in [1.807, 2.05) is 53.7 Å². The number of carboxylic acid groups (broad SMARTS) is 1. The van der Waals surface area contributed by atoms with Crippen LogP contribution in [0.4, 0.5) is 4.79 Å². The number of esters is 4. The molecule has 382 valence electrons. The Morgan fingerprint density at radius 3 is 1.66 bits per heavy atom. The Morgan fingerprint density at radius 2 is 1.16 bits per heavy atom. The number of aliphatic carboxylic acids is 1. The average molecular weight is 993 g/mol. The van der Waals surface area contributed by atoms with Crippen molar-refractivity contribution < 1.29 is 72.0 Å². The maximum Gasteiger partial charge on any atom is 0.407 e. The van der Waals surface area contributed by atoms with Crippen LogP contribution < -0.4 is 10.1 Å². The molecule has 0 unspecified atom stereocenters. The first-order valence-corrected chi connectivity index (χ1v) is 23.5. The van der Waals surface area contributed by atoms with Crippen molar-refractivity contribution in [3.05, 3.63) is 102 Å². The van der Waals surface area contributed by atoms with E-state index in [9.17, 15) is 38.4 Å². The molecule has 0 aliphatic heterocycles. The predicted octanol–water partition coefficient (Wildman–Crippen LogP) is 10.1. The first-order valence-electron chi connectivity index (χ1n) is 22.7. The Balaban J connectivity index is 0.000000701. The van der Waals surface area contributed by atoms with Gasteiger partial charge in [0.25, 0.3) is 0 Å². The van der Waals surface area contributed by atoms with Crippen LogP contribution in [0.25, 0.3) is 0 Å². The van der Waals surface area contributed by atoms with Crippen molar-refractivity contribution >= 4 is 65.2 Å². The molecular formula is C52H68N2O15S. The van der Waals surface area contributed by atoms with E-state index in [0.717, 1.165) is 15.9 Å². The van der Waals surface area contributed by atoms with Gasteiger partial charge in [0.1, 0.15) is 31.3 Å². The van der Waals surface area contributed by atoms with E-state index < -0.39 is 52.0 Å². The van der Waals surface area contributed by atoms with Gasteiger partial charge in [0, 0.05) is 21.4 Å². The fraction of sp³-hybridized carbons (Fsp3) is 0.442. The molecule has 17 nitrogen and oxygen atoms in total. The van der Waals surface area contributed by atoms with E-state index in [1.165, 1.54) is 30.8 Å². The average Bonchev–Trinajstić information content (AvgIpc) is 3.35. The molecule has 0 aliphatic rings. The van der Waals surface area contributed by atoms with Crippen LogP contribution in [0.1, 0.15) is 133 Å². The number of hydrogen-bond acceptors (Lipinski definition) is 16. The van der Waals surface area contributed by atoms with Gasteiger partial charge in [0.2, 0.25) is 5.78 Å². The van der Waals surface area contributed by atoms with E-state index in [-0.39, 0.29) is 61.7 Å². The minimum absolute atomic E-state index is 0.00112. The molecule has 3 aromatic carbocycles. The molecule has 0 fully saturated rings. The fourth-order valence-corrected chi connectivity index (χ4v) is 5.29. The zero-order valence-electron chi connectivity index (χ0n) is 42.1. The Labute approximate surface area is 415 Å². The number of alkyl carbamates (subject to hydrolysis) is 1. The van der Waals surface area contributed by atoms with Gasteiger partial charge in [0.15, 0.2) is 0 Å². The second-order valence-corrected chi connectivity index (χ2v) is 18.3. The van der Waals surface area contributed by atoms with Gasteiger partial charge in [-0.2, -0.15) is 0 Å². The standard InChI is InChI=1S/C32H33NO7S.C14H23NO6.C6H12O2/c1-6-20-38-29(35)26-10-8-9-11-27(26)30(36)40-33-21(3)28(34)22-12-16-24(17-13-22)41-25-18-14-23(15-19-25)39-31(37)32(4,5)7-2;1-5-11(16)19-8-7-15-13(18)21-10-9-20-12(17)14(3,4)6-2;1-4-6(2,3)5(7)8/h8-19H,6-7,20H2,1-5H3;5H,1,6-10H2,2-4H3,(H,15,18);4H2,1-3H3,(H,7,8)/b33-21+;;. The van der Waals surface area contributed by atoms with Crippen molar-refractivity contribution in [2.45, 2.75) is 112 Å². The highest BCUT2D eigenvalue weighted by molar-refractivity contribution is 7.99. The summed E-state index contributed by atoms with van der Waals surface area (Å²) in [5, 5.41) is 14.5. The van der Waals surface area contributed by atoms with Crippen LogP contribution in [-0.2, 0) is 43.0 Å². The third-order valence-corrected chi connectivity index (χ3v) is 11.5. The Hall–Kier alpha value is -6.82. The quantitative estimate of drug-likeness (QED) is 0.0103. The molecule has 0 aromatic heterocycles. The second-order valence-electron chi connectivity index (χ2n) is 17.1. The third kappa shape index (κ3) is 22.1. The van der Waals surface area contributed by atoms with Crippen molar-refractivity contribution in [3.63, 3.8) is 0 Å². The topological polar surface area (TPSA) is 237 Å². The molecule has 3 rings (SSSR count). The second kappa shape index (κ2) is 30.6. The number of carboxylic acids is 1. The number of amides is 1. The van der Waals surface area contributed by atoms with Crippen molar-refractivity contribution in [3.8, 4) is 5.75 Å². The summed E-state index contributed by atoms with van der Waals surface area (Å²) in [6.07, 6.45) is 3.03. The number of carbonyl (C=O) groups excluding carboxylic acids is 7. The number of ketones is 1. The summed E-state index contributed by atoms with van der Waals surface area (Å²) in [6, 6.07) is 20.2. The minimum atomic E-state index is -0.872. The van der Waals surface area contributed by atoms with Gasteiger partial charge in [-0.25, -0.2) is 19.2 Å². The maximum atomic E-state index is 12.8. The van der Waals surface area contributed by atoms with Crippen LogP contribution >= 0.6 is 11.8 Å². The number of nitrogens with one attached hydrogen (secondary N) is 1. The predicted molar refractivity (Wildman–Crippen MR) is 264 cm³/mol. The SMILES string of the molecule is C=CC(=O)OCCNC(=O)OCCOC(=O)C(C)(C)CC.CCC(C)(C)C(=O)O.CCCOC(=O)c1ccccc1C(=O)O/N=C(\C)C(=O)c1ccc(Sc2ccc(OC(=O)C(C)(C)CC)cc2)cc1. The van der Waals surface area contributed by atoms with Gasteiger partial charge in [-0.1, -0.05) is 63.3 Å². The molecule has 2 N–H and O–H groups in total. The molecule has 0 bridgehead atoms. The summed E-state index contributed by atoms with van der Waals surface area (Å²) < 4.78 is 25.0. The number of nitrogens with zero attached hydrogens (tertiary/aromatic N) is 1. The lowest BCUT2D eigenvalue weighted by molar-refractivity contribution is -0.155. The summed E-state index contributed by atoms with van der Waals surface area (Å²) in [6.45, 7) is 23.3. The number of oxime groups is 1. The summed E-state index contributed by atoms with van der Waals surface area (Å²) in [4.78, 5) is 101. The summed E-state index contributed by atoms with van der Waals surface area (Å²) in [5.74, 6) is -3.32. The fourth-order valence-electron chi connectivity index (χ4n) is 4.47. The first-order chi connectivity index (χ1) is 32.9. The van der Waals surface area contributed by atoms with E-state index in [2.05, 4.69) is 21.8 Å². The monoisotopic (exact) mass is 992 g/mol. The maximum absolute atomic E-state index is 12.8. The van der Waals surface area contributed by atoms with Crippen molar-refractivity contribution in [2.24, 2.45) is 21.4 Å². The first kappa shape index (κ1) is 61.2. The number of ether oxygens (including phenoxy) is 5. The Morgan fingerprint density at radius 1 is 0.643 bits per heavy atom. The van der Waals surface area contributed by atoms with Crippen molar-refractivity contribution in [2.75, 3.05) is 33.0 Å². The van der Waals surface area contributed by atoms with Gasteiger partial charge >= 0.3 is 41.9 Å². The molecule has 0 spiro atoms. The lowest BCUT2D eigenvalue weighted by Crippen LogP contribution is -2.31. The zero-order valence-corrected chi connectivity index (χ0v) is 42.9. The molecule has 3 aromatic rings. The summed E-state index contributed by atoms with van der Waals surface area (Å²) in [5.41, 5.74) is -1.23. The number of carbonyl (C=O) groups is 8. The van der Waals surface area contributed by atoms with Crippen LogP contribution in [0.3, 0.4) is 0 Å². The molecule has 0 atom stereocenters. The highest BCUT2D eigenvalue weighted by Gasteiger charge is 2.28. The highest BCUT2D eigenvalue weighted by atomic mass is 32.2. The lowest BCUT2D eigenvalue weighted by atomic mass is 9.91. The lowest BCUT2D eigenvalue weighted by Gasteiger charge is -2.20. The van der Waals surface area contributed by atoms with Crippen molar-refractivity contribution in [1.29, 1.82) is 0 Å². The molecule has 0 aliphatic carbocycles. The summed E-state index contributed by atoms with van der Waals surface area (Å²) >= 11 is 1.49. The number of Topliss-reactive ketones (excluding diaryl/α,β-unsaturated/α-hetero) is 1. The van der Waals surface area contributed by atoms with Gasteiger partial charge in [-0.15, -0.1) is 0 Å². The van der Waals surface area contributed by atoms with Gasteiger partial charge < -0.3 is 38.9 Å². The van der Waals surface area contributed by atoms with E-state index in [1.54, 1.807) is 76.2 Å². The van der Waals surface area contributed by atoms with E-state index in [0.29, 0.717) is 37.0 Å². The van der Waals surface area contributed by atoms with Gasteiger partial charge in [0.05, 0.1) is 40.5 Å². The highest BCUT2D eigenvalue weighted by Crippen LogP contribution is 2.31. The number of benzene rings is 3. The molecule has 0 heterocycles. The third-order valence-electron chi connectivity index (χ3n) is 10.5. The smallest absolute Gasteiger partial charge is 0.407 e. The van der Waals surface area contributed by atoms with Gasteiger partial charge in [-0.05, 0) is 135 Å².